The van der Waals surface area contributed by atoms with Crippen LogP contribution in [0.4, 0.5) is 0 Å². The lowest BCUT2D eigenvalue weighted by Gasteiger charge is -2.20. The number of fused-ring (bicyclic) bond motifs is 3. The van der Waals surface area contributed by atoms with Crippen LogP contribution < -0.4 is 0 Å². The third-order valence-electron chi connectivity index (χ3n) is 3.31. The minimum absolute atomic E-state index is 0.0844. The fourth-order valence-corrected chi connectivity index (χ4v) is 2.51. The molecule has 1 aliphatic carbocycles. The van der Waals surface area contributed by atoms with E-state index in [2.05, 4.69) is 50.2 Å². The van der Waals surface area contributed by atoms with Gasteiger partial charge in [0.05, 0.1) is 0 Å². The van der Waals surface area contributed by atoms with Crippen LogP contribution in [-0.2, 0) is 5.41 Å². The van der Waals surface area contributed by atoms with Gasteiger partial charge in [-0.2, -0.15) is 0 Å². The fraction of sp³-hybridized carbons (Fsp3) is 0.200. The second-order valence-corrected chi connectivity index (χ2v) is 4.56. The zero-order valence-electron chi connectivity index (χ0n) is 8.96. The van der Waals surface area contributed by atoms with Crippen molar-refractivity contribution in [1.82, 2.24) is 0 Å². The molecule has 0 heteroatoms. The molecule has 2 radical (unpaired) electrons. The zero-order valence-corrected chi connectivity index (χ0v) is 8.96. The van der Waals surface area contributed by atoms with E-state index in [1.807, 2.05) is 12.1 Å². The Labute approximate surface area is 90.6 Å². The van der Waals surface area contributed by atoms with Crippen LogP contribution in [0.3, 0.4) is 0 Å². The molecule has 0 nitrogen and oxygen atoms in total. The molecule has 0 fully saturated rings. The van der Waals surface area contributed by atoms with Gasteiger partial charge in [-0.25, -0.2) is 0 Å². The Morgan fingerprint density at radius 1 is 1.07 bits per heavy atom. The summed E-state index contributed by atoms with van der Waals surface area (Å²) >= 11 is 0. The third kappa shape index (κ3) is 1.02. The normalized spacial score (nSPS) is 15.9. The van der Waals surface area contributed by atoms with E-state index >= 15 is 0 Å². The van der Waals surface area contributed by atoms with Crippen LogP contribution >= 0.6 is 0 Å². The molecular formula is C15H12. The first-order valence-electron chi connectivity index (χ1n) is 5.23. The quantitative estimate of drug-likeness (QED) is 0.598. The molecule has 0 spiro atoms. The SMILES string of the molecule is CC1(C)c2[c]cccc2-c2c[c]ccc21. The van der Waals surface area contributed by atoms with Gasteiger partial charge in [0.15, 0.2) is 0 Å². The number of hydrogen-bond acceptors (Lipinski definition) is 0. The van der Waals surface area contributed by atoms with Crippen LogP contribution in [0.1, 0.15) is 25.0 Å². The molecule has 0 amide bonds. The van der Waals surface area contributed by atoms with E-state index in [1.54, 1.807) is 0 Å². The predicted molar refractivity (Wildman–Crippen MR) is 61.7 cm³/mol. The molecular weight excluding hydrogens is 180 g/mol. The van der Waals surface area contributed by atoms with Crippen molar-refractivity contribution in [3.8, 4) is 11.1 Å². The van der Waals surface area contributed by atoms with Crippen LogP contribution in [0.15, 0.2) is 36.4 Å². The van der Waals surface area contributed by atoms with Crippen molar-refractivity contribution in [1.29, 1.82) is 0 Å². The number of benzene rings is 2. The Morgan fingerprint density at radius 3 is 2.80 bits per heavy atom. The molecule has 15 heavy (non-hydrogen) atoms. The maximum Gasteiger partial charge on any atom is 0.0165 e. The smallest absolute Gasteiger partial charge is 0.0165 e. The Kier molecular flexibility index (Phi) is 1.59. The molecule has 0 bridgehead atoms. The van der Waals surface area contributed by atoms with Crippen molar-refractivity contribution in [2.75, 3.05) is 0 Å². The average Bonchev–Trinajstić information content (AvgIpc) is 2.51. The number of hydrogen-bond donors (Lipinski definition) is 0. The minimum atomic E-state index is 0.0844. The van der Waals surface area contributed by atoms with E-state index < -0.39 is 0 Å². The minimum Gasteiger partial charge on any atom is -0.0610 e. The molecule has 0 aliphatic heterocycles. The Hall–Kier alpha value is -1.56. The second-order valence-electron chi connectivity index (χ2n) is 4.56. The average molecular weight is 192 g/mol. The first-order chi connectivity index (χ1) is 7.21. The molecule has 1 aliphatic rings. The lowest BCUT2D eigenvalue weighted by atomic mass is 9.82. The van der Waals surface area contributed by atoms with Gasteiger partial charge >= 0.3 is 0 Å². The topological polar surface area (TPSA) is 0 Å². The standard InChI is InChI=1S/C15H12/c1-15(2)13-9-5-3-7-11(13)12-8-4-6-10-14(12)15/h3,5-8,10H,1-2H3. The molecule has 0 N–H and O–H groups in total. The van der Waals surface area contributed by atoms with Gasteiger partial charge in [0.25, 0.3) is 0 Å². The molecule has 3 rings (SSSR count). The van der Waals surface area contributed by atoms with E-state index in [4.69, 9.17) is 0 Å². The second kappa shape index (κ2) is 2.73. The van der Waals surface area contributed by atoms with E-state index in [0.717, 1.165) is 0 Å². The van der Waals surface area contributed by atoms with Crippen LogP contribution in [0.5, 0.6) is 0 Å². The molecule has 0 saturated heterocycles. The van der Waals surface area contributed by atoms with Gasteiger partial charge in [-0.05, 0) is 40.5 Å². The maximum absolute atomic E-state index is 3.37. The highest BCUT2D eigenvalue weighted by Gasteiger charge is 2.34. The lowest BCUT2D eigenvalue weighted by Crippen LogP contribution is -2.14. The van der Waals surface area contributed by atoms with E-state index in [9.17, 15) is 0 Å². The van der Waals surface area contributed by atoms with Crippen molar-refractivity contribution in [3.63, 3.8) is 0 Å². The van der Waals surface area contributed by atoms with Gasteiger partial charge in [-0.15, -0.1) is 0 Å². The highest BCUT2D eigenvalue weighted by Crippen LogP contribution is 2.47. The summed E-state index contributed by atoms with van der Waals surface area (Å²) in [5, 5.41) is 0. The van der Waals surface area contributed by atoms with E-state index in [-0.39, 0.29) is 5.41 Å². The molecule has 2 aromatic carbocycles. The Morgan fingerprint density at radius 2 is 1.93 bits per heavy atom. The third-order valence-corrected chi connectivity index (χ3v) is 3.31. The lowest BCUT2D eigenvalue weighted by molar-refractivity contribution is 0.659. The van der Waals surface area contributed by atoms with Gasteiger partial charge in [0.2, 0.25) is 0 Å². The molecule has 0 saturated carbocycles. The molecule has 0 heterocycles. The first-order valence-corrected chi connectivity index (χ1v) is 5.23. The molecule has 72 valence electrons. The fourth-order valence-electron chi connectivity index (χ4n) is 2.51. The Balaban J connectivity index is 2.42. The van der Waals surface area contributed by atoms with Gasteiger partial charge in [0.1, 0.15) is 0 Å². The van der Waals surface area contributed by atoms with Gasteiger partial charge in [-0.3, -0.25) is 0 Å². The van der Waals surface area contributed by atoms with Crippen LogP contribution in [-0.4, -0.2) is 0 Å². The summed E-state index contributed by atoms with van der Waals surface area (Å²) in [6.07, 6.45) is 0. The van der Waals surface area contributed by atoms with E-state index in [0.29, 0.717) is 0 Å². The molecule has 0 unspecified atom stereocenters. The highest BCUT2D eigenvalue weighted by atomic mass is 14.4. The largest absolute Gasteiger partial charge is 0.0610 e. The molecule has 0 atom stereocenters. The summed E-state index contributed by atoms with van der Waals surface area (Å²) in [4.78, 5) is 0. The van der Waals surface area contributed by atoms with Crippen molar-refractivity contribution in [2.24, 2.45) is 0 Å². The summed E-state index contributed by atoms with van der Waals surface area (Å²) < 4.78 is 0. The van der Waals surface area contributed by atoms with E-state index in [1.165, 1.54) is 22.3 Å². The van der Waals surface area contributed by atoms with Gasteiger partial charge in [0, 0.05) is 5.41 Å². The summed E-state index contributed by atoms with van der Waals surface area (Å²) in [5.41, 5.74) is 5.41. The van der Waals surface area contributed by atoms with Crippen LogP contribution in [0, 0.1) is 12.1 Å². The van der Waals surface area contributed by atoms with Crippen LogP contribution in [0.25, 0.3) is 11.1 Å². The summed E-state index contributed by atoms with van der Waals surface area (Å²) in [7, 11) is 0. The van der Waals surface area contributed by atoms with Crippen molar-refractivity contribution in [2.45, 2.75) is 19.3 Å². The Bertz CT molecular complexity index is 474. The summed E-state index contributed by atoms with van der Waals surface area (Å²) in [6.45, 7) is 4.52. The molecule has 2 aromatic rings. The van der Waals surface area contributed by atoms with Gasteiger partial charge < -0.3 is 0 Å². The van der Waals surface area contributed by atoms with Crippen molar-refractivity contribution in [3.05, 3.63) is 59.7 Å². The highest BCUT2D eigenvalue weighted by molar-refractivity contribution is 5.80. The monoisotopic (exact) mass is 192 g/mol. The number of rotatable bonds is 0. The first kappa shape index (κ1) is 8.72. The molecule has 0 aromatic heterocycles. The van der Waals surface area contributed by atoms with Crippen molar-refractivity contribution < 1.29 is 0 Å². The van der Waals surface area contributed by atoms with Crippen LogP contribution in [0.2, 0.25) is 0 Å². The summed E-state index contributed by atoms with van der Waals surface area (Å²) in [6, 6.07) is 19.0. The summed E-state index contributed by atoms with van der Waals surface area (Å²) in [5.74, 6) is 0. The zero-order chi connectivity index (χ0) is 10.5. The van der Waals surface area contributed by atoms with Crippen molar-refractivity contribution >= 4 is 0 Å². The van der Waals surface area contributed by atoms with Gasteiger partial charge in [-0.1, -0.05) is 44.2 Å². The maximum atomic E-state index is 3.37. The predicted octanol–water partition coefficient (Wildman–Crippen LogP) is 3.59.